The lowest BCUT2D eigenvalue weighted by Gasteiger charge is -2.35. The zero-order valence-electron chi connectivity index (χ0n) is 13.9. The van der Waals surface area contributed by atoms with Crippen LogP contribution in [0.2, 0.25) is 5.02 Å². The minimum atomic E-state index is -0.855. The van der Waals surface area contributed by atoms with E-state index in [0.29, 0.717) is 31.2 Å². The van der Waals surface area contributed by atoms with E-state index in [1.165, 1.54) is 12.1 Å². The maximum Gasteiger partial charge on any atom is 0.327 e. The van der Waals surface area contributed by atoms with Crippen LogP contribution in [0.25, 0.3) is 0 Å². The van der Waals surface area contributed by atoms with Crippen molar-refractivity contribution >= 4 is 28.9 Å². The summed E-state index contributed by atoms with van der Waals surface area (Å²) in [5.74, 6) is -0.882. The van der Waals surface area contributed by atoms with Crippen LogP contribution < -0.4 is 4.90 Å². The van der Waals surface area contributed by atoms with Gasteiger partial charge in [-0.3, -0.25) is 14.9 Å². The van der Waals surface area contributed by atoms with E-state index in [9.17, 15) is 19.3 Å². The molecule has 1 aliphatic heterocycles. The van der Waals surface area contributed by atoms with Gasteiger partial charge in [0, 0.05) is 31.2 Å². The van der Waals surface area contributed by atoms with Crippen molar-refractivity contribution < 1.29 is 14.1 Å². The minimum Gasteiger partial charge on any atom is -0.362 e. The lowest BCUT2D eigenvalue weighted by Crippen LogP contribution is -2.49. The van der Waals surface area contributed by atoms with E-state index in [1.807, 2.05) is 6.07 Å². The van der Waals surface area contributed by atoms with Crippen molar-refractivity contribution in [2.45, 2.75) is 6.42 Å². The van der Waals surface area contributed by atoms with E-state index in [-0.39, 0.29) is 18.0 Å². The summed E-state index contributed by atoms with van der Waals surface area (Å²) in [5.41, 5.74) is 0.564. The van der Waals surface area contributed by atoms with Gasteiger partial charge in [-0.2, -0.15) is 4.39 Å². The zero-order valence-corrected chi connectivity index (χ0v) is 14.7. The number of hydrogen-bond donors (Lipinski definition) is 0. The topological polar surface area (TPSA) is 66.7 Å². The van der Waals surface area contributed by atoms with Crippen LogP contribution >= 0.6 is 11.6 Å². The predicted molar refractivity (Wildman–Crippen MR) is 97.0 cm³/mol. The number of amides is 1. The van der Waals surface area contributed by atoms with Crippen LogP contribution in [0.5, 0.6) is 0 Å². The highest BCUT2D eigenvalue weighted by Crippen LogP contribution is 2.31. The Morgan fingerprint density at radius 1 is 1.15 bits per heavy atom. The Kier molecular flexibility index (Phi) is 5.37. The van der Waals surface area contributed by atoms with Gasteiger partial charge in [0.2, 0.25) is 11.7 Å². The van der Waals surface area contributed by atoms with Crippen molar-refractivity contribution in [2.75, 3.05) is 31.1 Å². The molecule has 1 aliphatic rings. The van der Waals surface area contributed by atoms with Crippen molar-refractivity contribution in [3.63, 3.8) is 0 Å². The summed E-state index contributed by atoms with van der Waals surface area (Å²) in [6.45, 7) is 1.66. The van der Waals surface area contributed by atoms with Crippen LogP contribution in [0.3, 0.4) is 0 Å². The Morgan fingerprint density at radius 2 is 1.85 bits per heavy atom. The second-order valence-electron chi connectivity index (χ2n) is 6.04. The number of hydrogen-bond acceptors (Lipinski definition) is 4. The number of nitro groups is 1. The number of nitrogens with zero attached hydrogens (tertiary/aromatic N) is 3. The first-order valence-corrected chi connectivity index (χ1v) is 8.53. The molecule has 0 radical (unpaired) electrons. The van der Waals surface area contributed by atoms with Crippen LogP contribution in [0.15, 0.2) is 42.5 Å². The highest BCUT2D eigenvalue weighted by Gasteiger charge is 2.28. The lowest BCUT2D eigenvalue weighted by molar-refractivity contribution is -0.386. The van der Waals surface area contributed by atoms with Gasteiger partial charge < -0.3 is 9.80 Å². The molecular weight excluding hydrogens is 361 g/mol. The molecular formula is C18H17ClFN3O3. The Balaban J connectivity index is 1.65. The maximum atomic E-state index is 13.8. The molecule has 0 N–H and O–H groups in total. The van der Waals surface area contributed by atoms with Crippen LogP contribution in [0.4, 0.5) is 15.8 Å². The van der Waals surface area contributed by atoms with E-state index < -0.39 is 16.4 Å². The Hall–Kier alpha value is -2.67. The first kappa shape index (κ1) is 18.1. The zero-order chi connectivity index (χ0) is 18.7. The molecule has 6 nitrogen and oxygen atoms in total. The standard InChI is InChI=1S/C18H17ClFN3O3/c19-14-4-1-3-13(11-14)12-17(24)22-9-7-21(8-10-22)16-6-2-5-15(20)18(16)23(25)26/h1-6,11H,7-10,12H2. The first-order chi connectivity index (χ1) is 12.5. The first-order valence-electron chi connectivity index (χ1n) is 8.16. The van der Waals surface area contributed by atoms with E-state index in [0.717, 1.165) is 11.6 Å². The third-order valence-electron chi connectivity index (χ3n) is 4.37. The van der Waals surface area contributed by atoms with Gasteiger partial charge in [0.1, 0.15) is 5.69 Å². The van der Waals surface area contributed by atoms with Gasteiger partial charge in [0.25, 0.3) is 0 Å². The molecule has 3 rings (SSSR count). The van der Waals surface area contributed by atoms with Crippen molar-refractivity contribution in [1.82, 2.24) is 4.90 Å². The second kappa shape index (κ2) is 7.70. The smallest absolute Gasteiger partial charge is 0.327 e. The molecule has 0 atom stereocenters. The van der Waals surface area contributed by atoms with Crippen LogP contribution in [-0.2, 0) is 11.2 Å². The van der Waals surface area contributed by atoms with Crippen molar-refractivity contribution in [3.05, 3.63) is 69.0 Å². The number of benzene rings is 2. The molecule has 2 aromatic carbocycles. The number of nitro benzene ring substituents is 1. The van der Waals surface area contributed by atoms with Gasteiger partial charge in [-0.05, 0) is 29.8 Å². The average Bonchev–Trinajstić information content (AvgIpc) is 2.61. The summed E-state index contributed by atoms with van der Waals surface area (Å²) in [6.07, 6.45) is 0.251. The van der Waals surface area contributed by atoms with E-state index in [4.69, 9.17) is 11.6 Å². The molecule has 0 aromatic heterocycles. The minimum absolute atomic E-state index is 0.0272. The predicted octanol–water partition coefficient (Wildman–Crippen LogP) is 3.28. The lowest BCUT2D eigenvalue weighted by atomic mass is 10.1. The molecule has 2 aromatic rings. The third-order valence-corrected chi connectivity index (χ3v) is 4.60. The summed E-state index contributed by atoms with van der Waals surface area (Å²) in [7, 11) is 0. The highest BCUT2D eigenvalue weighted by atomic mass is 35.5. The Bertz CT molecular complexity index is 838. The summed E-state index contributed by atoms with van der Waals surface area (Å²) in [4.78, 5) is 26.3. The fourth-order valence-corrected chi connectivity index (χ4v) is 3.28. The van der Waals surface area contributed by atoms with Gasteiger partial charge in [-0.15, -0.1) is 0 Å². The number of piperazine rings is 1. The van der Waals surface area contributed by atoms with E-state index in [2.05, 4.69) is 0 Å². The molecule has 26 heavy (non-hydrogen) atoms. The fourth-order valence-electron chi connectivity index (χ4n) is 3.07. The van der Waals surface area contributed by atoms with Crippen molar-refractivity contribution in [2.24, 2.45) is 0 Å². The monoisotopic (exact) mass is 377 g/mol. The van der Waals surface area contributed by atoms with Crippen LogP contribution in [-0.4, -0.2) is 41.9 Å². The number of carbonyl (C=O) groups excluding carboxylic acids is 1. The molecule has 1 fully saturated rings. The molecule has 1 amide bonds. The molecule has 1 heterocycles. The number of para-hydroxylation sites is 1. The van der Waals surface area contributed by atoms with Gasteiger partial charge in [-0.1, -0.05) is 29.8 Å². The number of halogens is 2. The molecule has 0 aliphatic carbocycles. The summed E-state index contributed by atoms with van der Waals surface area (Å²) < 4.78 is 13.8. The van der Waals surface area contributed by atoms with Crippen LogP contribution in [0, 0.1) is 15.9 Å². The summed E-state index contributed by atoms with van der Waals surface area (Å²) >= 11 is 5.94. The number of carbonyl (C=O) groups is 1. The van der Waals surface area contributed by atoms with Gasteiger partial charge in [0.15, 0.2) is 0 Å². The van der Waals surface area contributed by atoms with E-state index in [1.54, 1.807) is 28.0 Å². The van der Waals surface area contributed by atoms with Gasteiger partial charge in [0.05, 0.1) is 11.3 Å². The highest BCUT2D eigenvalue weighted by molar-refractivity contribution is 6.30. The van der Waals surface area contributed by atoms with Crippen molar-refractivity contribution in [1.29, 1.82) is 0 Å². The van der Waals surface area contributed by atoms with Crippen molar-refractivity contribution in [3.8, 4) is 0 Å². The molecule has 0 spiro atoms. The molecule has 136 valence electrons. The Labute approximate surface area is 154 Å². The second-order valence-corrected chi connectivity index (χ2v) is 6.48. The quantitative estimate of drug-likeness (QED) is 0.605. The summed E-state index contributed by atoms with van der Waals surface area (Å²) in [6, 6.07) is 11.2. The normalized spacial score (nSPS) is 14.4. The fraction of sp³-hybridized carbons (Fsp3) is 0.278. The Morgan fingerprint density at radius 3 is 2.50 bits per heavy atom. The summed E-state index contributed by atoms with van der Waals surface area (Å²) in [5, 5.41) is 11.7. The van der Waals surface area contributed by atoms with Gasteiger partial charge >= 0.3 is 5.69 Å². The third kappa shape index (κ3) is 3.94. The largest absolute Gasteiger partial charge is 0.362 e. The molecule has 0 unspecified atom stereocenters. The molecule has 8 heteroatoms. The maximum absolute atomic E-state index is 13.8. The van der Waals surface area contributed by atoms with Gasteiger partial charge in [-0.25, -0.2) is 0 Å². The average molecular weight is 378 g/mol. The SMILES string of the molecule is O=C(Cc1cccc(Cl)c1)N1CCN(c2cccc(F)c2[N+](=O)[O-])CC1. The van der Waals surface area contributed by atoms with Crippen LogP contribution in [0.1, 0.15) is 5.56 Å². The number of rotatable bonds is 4. The molecule has 0 saturated carbocycles. The molecule has 0 bridgehead atoms. The molecule has 1 saturated heterocycles. The van der Waals surface area contributed by atoms with E-state index >= 15 is 0 Å². The number of anilines is 1.